The van der Waals surface area contributed by atoms with Gasteiger partial charge in [-0.05, 0) is 42.0 Å². The van der Waals surface area contributed by atoms with Crippen LogP contribution in [0.3, 0.4) is 0 Å². The Kier molecular flexibility index (Phi) is 8.23. The van der Waals surface area contributed by atoms with Crippen molar-refractivity contribution in [1.29, 1.82) is 0 Å². The van der Waals surface area contributed by atoms with Gasteiger partial charge in [-0.25, -0.2) is 0 Å². The van der Waals surface area contributed by atoms with Crippen molar-refractivity contribution in [2.75, 3.05) is 27.9 Å². The number of phenols is 1. The van der Waals surface area contributed by atoms with Crippen LogP contribution in [0, 0.1) is 0 Å². The van der Waals surface area contributed by atoms with Crippen LogP contribution >= 0.6 is 0 Å². The van der Waals surface area contributed by atoms with Gasteiger partial charge < -0.3 is 39.0 Å². The molecule has 3 N–H and O–H groups in total. The highest BCUT2D eigenvalue weighted by Crippen LogP contribution is 2.38. The van der Waals surface area contributed by atoms with Crippen molar-refractivity contribution < 1.29 is 39.0 Å². The fraction of sp³-hybridized carbons (Fsp3) is 0.280. The van der Waals surface area contributed by atoms with E-state index in [0.717, 1.165) is 0 Å². The van der Waals surface area contributed by atoms with Crippen molar-refractivity contribution in [2.45, 2.75) is 18.8 Å². The van der Waals surface area contributed by atoms with E-state index in [4.69, 9.17) is 23.7 Å². The number of rotatable bonds is 11. The molecule has 0 spiro atoms. The Morgan fingerprint density at radius 3 is 2.00 bits per heavy atom. The summed E-state index contributed by atoms with van der Waals surface area (Å²) in [7, 11) is 4.47. The molecule has 3 rings (SSSR count). The summed E-state index contributed by atoms with van der Waals surface area (Å²) in [4.78, 5) is 0. The Balaban J connectivity index is 2.04. The van der Waals surface area contributed by atoms with Crippen LogP contribution in [0.5, 0.6) is 34.5 Å². The second-order valence-electron chi connectivity index (χ2n) is 7.10. The highest BCUT2D eigenvalue weighted by atomic mass is 16.6. The molecule has 0 saturated carbocycles. The summed E-state index contributed by atoms with van der Waals surface area (Å²) in [5, 5.41) is 29.7. The molecule has 3 aromatic rings. The van der Waals surface area contributed by atoms with E-state index in [0.29, 0.717) is 34.1 Å². The molecule has 2 atom stereocenters. The van der Waals surface area contributed by atoms with E-state index in [2.05, 4.69) is 0 Å². The van der Waals surface area contributed by atoms with Crippen LogP contribution in [0.25, 0.3) is 0 Å². The van der Waals surface area contributed by atoms with Crippen molar-refractivity contribution >= 4 is 0 Å². The molecular weight excluding hydrogens is 428 g/mol. The predicted molar refractivity (Wildman–Crippen MR) is 121 cm³/mol. The van der Waals surface area contributed by atoms with Crippen molar-refractivity contribution in [2.24, 2.45) is 0 Å². The second kappa shape index (κ2) is 11.3. The van der Waals surface area contributed by atoms with Gasteiger partial charge in [-0.15, -0.1) is 0 Å². The zero-order valence-corrected chi connectivity index (χ0v) is 18.7. The van der Waals surface area contributed by atoms with Gasteiger partial charge in [-0.2, -0.15) is 0 Å². The maximum Gasteiger partial charge on any atom is 0.163 e. The van der Waals surface area contributed by atoms with Crippen LogP contribution in [0.1, 0.15) is 17.2 Å². The van der Waals surface area contributed by atoms with E-state index in [-0.39, 0.29) is 24.7 Å². The monoisotopic (exact) mass is 456 g/mol. The van der Waals surface area contributed by atoms with Gasteiger partial charge in [0.1, 0.15) is 0 Å². The van der Waals surface area contributed by atoms with Gasteiger partial charge in [-0.3, -0.25) is 0 Å². The molecule has 0 aromatic heterocycles. The molecule has 8 nitrogen and oxygen atoms in total. The number of para-hydroxylation sites is 2. The SMILES string of the molecule is COc1cc([C@H](Oc2ccc(CO)cc2OC)[C@@H](CO)Oc2ccccc2OC)ccc1O. The number of benzene rings is 3. The first-order valence-electron chi connectivity index (χ1n) is 10.3. The lowest BCUT2D eigenvalue weighted by Gasteiger charge is -2.29. The fourth-order valence-electron chi connectivity index (χ4n) is 3.35. The number of methoxy groups -OCH3 is 3. The molecule has 0 radical (unpaired) electrons. The molecule has 8 heteroatoms. The third-order valence-electron chi connectivity index (χ3n) is 5.06. The summed E-state index contributed by atoms with van der Waals surface area (Å²) in [6.45, 7) is -0.533. The maximum absolute atomic E-state index is 10.3. The van der Waals surface area contributed by atoms with Gasteiger partial charge in [-0.1, -0.05) is 24.3 Å². The summed E-state index contributed by atoms with van der Waals surface area (Å²) in [5.74, 6) is 1.94. The van der Waals surface area contributed by atoms with E-state index < -0.39 is 12.2 Å². The first-order chi connectivity index (χ1) is 16.0. The maximum atomic E-state index is 10.3. The largest absolute Gasteiger partial charge is 0.504 e. The van der Waals surface area contributed by atoms with E-state index in [1.54, 1.807) is 48.5 Å². The normalized spacial score (nSPS) is 12.5. The van der Waals surface area contributed by atoms with Crippen LogP contribution < -0.4 is 23.7 Å². The van der Waals surface area contributed by atoms with Crippen LogP contribution in [-0.4, -0.2) is 49.4 Å². The Morgan fingerprint density at radius 2 is 1.36 bits per heavy atom. The van der Waals surface area contributed by atoms with E-state index in [1.165, 1.54) is 27.4 Å². The molecule has 0 heterocycles. The molecule has 0 aliphatic rings. The summed E-state index contributed by atoms with van der Waals surface area (Å²) in [6, 6.07) is 16.9. The zero-order chi connectivity index (χ0) is 23.8. The van der Waals surface area contributed by atoms with Gasteiger partial charge >= 0.3 is 0 Å². The molecule has 3 aromatic carbocycles. The number of aromatic hydroxyl groups is 1. The van der Waals surface area contributed by atoms with E-state index >= 15 is 0 Å². The minimum atomic E-state index is -0.863. The summed E-state index contributed by atoms with van der Waals surface area (Å²) < 4.78 is 28.4. The first kappa shape index (κ1) is 24.0. The Labute approximate surface area is 192 Å². The van der Waals surface area contributed by atoms with E-state index in [1.807, 2.05) is 6.07 Å². The number of ether oxygens (including phenoxy) is 5. The number of hydrogen-bond donors (Lipinski definition) is 3. The van der Waals surface area contributed by atoms with Crippen LogP contribution in [0.4, 0.5) is 0 Å². The number of phenolic OH excluding ortho intramolecular Hbond substituents is 1. The highest BCUT2D eigenvalue weighted by molar-refractivity contribution is 5.46. The molecule has 0 aliphatic heterocycles. The third kappa shape index (κ3) is 5.60. The van der Waals surface area contributed by atoms with Crippen molar-refractivity contribution in [3.63, 3.8) is 0 Å². The van der Waals surface area contributed by atoms with Crippen LogP contribution in [0.15, 0.2) is 60.7 Å². The minimum Gasteiger partial charge on any atom is -0.504 e. The number of aliphatic hydroxyl groups excluding tert-OH is 2. The third-order valence-corrected chi connectivity index (χ3v) is 5.06. The average molecular weight is 456 g/mol. The van der Waals surface area contributed by atoms with Gasteiger partial charge in [0.05, 0.1) is 34.5 Å². The second-order valence-corrected chi connectivity index (χ2v) is 7.10. The summed E-state index contributed by atoms with van der Waals surface area (Å²) in [6.07, 6.45) is -1.69. The highest BCUT2D eigenvalue weighted by Gasteiger charge is 2.29. The quantitative estimate of drug-likeness (QED) is 0.403. The Morgan fingerprint density at radius 1 is 0.697 bits per heavy atom. The summed E-state index contributed by atoms with van der Waals surface area (Å²) >= 11 is 0. The lowest BCUT2D eigenvalue weighted by atomic mass is 10.0. The number of aliphatic hydroxyl groups is 2. The molecular formula is C25H28O8. The lowest BCUT2D eigenvalue weighted by Crippen LogP contribution is -2.33. The van der Waals surface area contributed by atoms with Crippen molar-refractivity contribution in [3.8, 4) is 34.5 Å². The lowest BCUT2D eigenvalue weighted by molar-refractivity contribution is 0.0121. The van der Waals surface area contributed by atoms with Gasteiger partial charge in [0.2, 0.25) is 0 Å². The molecule has 0 saturated heterocycles. The topological polar surface area (TPSA) is 107 Å². The first-order valence-corrected chi connectivity index (χ1v) is 10.3. The van der Waals surface area contributed by atoms with Crippen molar-refractivity contribution in [1.82, 2.24) is 0 Å². The minimum absolute atomic E-state index is 0.0314. The van der Waals surface area contributed by atoms with Gasteiger partial charge in [0, 0.05) is 5.56 Å². The zero-order valence-electron chi connectivity index (χ0n) is 18.7. The van der Waals surface area contributed by atoms with Crippen LogP contribution in [0.2, 0.25) is 0 Å². The van der Waals surface area contributed by atoms with Gasteiger partial charge in [0.25, 0.3) is 0 Å². The molecule has 0 fully saturated rings. The standard InChI is InChI=1S/C25H28O8/c1-29-19-6-4-5-7-20(19)32-24(15-27)25(17-9-10-18(28)22(13-17)30-2)33-21-11-8-16(14-26)12-23(21)31-3/h4-13,24-28H,14-15H2,1-3H3/t24-,25+/m1/s1. The van der Waals surface area contributed by atoms with Crippen LogP contribution in [-0.2, 0) is 6.61 Å². The van der Waals surface area contributed by atoms with Crippen molar-refractivity contribution in [3.05, 3.63) is 71.8 Å². The molecule has 0 amide bonds. The number of hydrogen-bond acceptors (Lipinski definition) is 8. The fourth-order valence-corrected chi connectivity index (χ4v) is 3.35. The molecule has 0 unspecified atom stereocenters. The molecule has 0 bridgehead atoms. The predicted octanol–water partition coefficient (Wildman–Crippen LogP) is 3.47. The smallest absolute Gasteiger partial charge is 0.163 e. The molecule has 176 valence electrons. The average Bonchev–Trinajstić information content (AvgIpc) is 2.86. The molecule has 33 heavy (non-hydrogen) atoms. The Bertz CT molecular complexity index is 1050. The summed E-state index contributed by atoms with van der Waals surface area (Å²) in [5.41, 5.74) is 1.25. The van der Waals surface area contributed by atoms with E-state index in [9.17, 15) is 15.3 Å². The molecule has 0 aliphatic carbocycles. The van der Waals surface area contributed by atoms with Gasteiger partial charge in [0.15, 0.2) is 46.7 Å². The Hall–Kier alpha value is -3.62.